The summed E-state index contributed by atoms with van der Waals surface area (Å²) in [6.45, 7) is 1.36. The van der Waals surface area contributed by atoms with Gasteiger partial charge in [0.2, 0.25) is 0 Å². The zero-order valence-electron chi connectivity index (χ0n) is 13.7. The molecule has 24 heavy (non-hydrogen) atoms. The van der Waals surface area contributed by atoms with Crippen molar-refractivity contribution < 1.29 is 9.84 Å². The summed E-state index contributed by atoms with van der Waals surface area (Å²) < 4.78 is 5.59. The Labute approximate surface area is 147 Å². The molecule has 0 aliphatic carbocycles. The second kappa shape index (κ2) is 9.29. The molecule has 1 atom stereocenters. The summed E-state index contributed by atoms with van der Waals surface area (Å²) in [6.07, 6.45) is -0.216. The predicted octanol–water partition coefficient (Wildman–Crippen LogP) is 3.28. The monoisotopic (exact) mass is 344 g/mol. The molecule has 0 amide bonds. The van der Waals surface area contributed by atoms with E-state index in [0.717, 1.165) is 16.1 Å². The van der Waals surface area contributed by atoms with Crippen molar-refractivity contribution in [2.45, 2.75) is 19.1 Å². The molecular formula is C19H21ClN2O2. The van der Waals surface area contributed by atoms with Gasteiger partial charge in [-0.3, -0.25) is 4.90 Å². The molecule has 4 nitrogen and oxygen atoms in total. The van der Waals surface area contributed by atoms with Gasteiger partial charge in [0.15, 0.2) is 0 Å². The Morgan fingerprint density at radius 3 is 2.58 bits per heavy atom. The van der Waals surface area contributed by atoms with Gasteiger partial charge in [-0.15, -0.1) is 0 Å². The van der Waals surface area contributed by atoms with Crippen molar-refractivity contribution in [1.29, 1.82) is 5.26 Å². The van der Waals surface area contributed by atoms with E-state index in [4.69, 9.17) is 21.6 Å². The maximum Gasteiger partial charge on any atom is 0.119 e. The summed E-state index contributed by atoms with van der Waals surface area (Å²) in [7, 11) is 1.93. The zero-order valence-corrected chi connectivity index (χ0v) is 14.4. The lowest BCUT2D eigenvalue weighted by Gasteiger charge is -2.21. The van der Waals surface area contributed by atoms with Crippen LogP contribution in [0.15, 0.2) is 48.5 Å². The van der Waals surface area contributed by atoms with Crippen LogP contribution in [0.3, 0.4) is 0 Å². The number of halogens is 1. The molecule has 0 bridgehead atoms. The van der Waals surface area contributed by atoms with Crippen LogP contribution in [-0.4, -0.2) is 36.3 Å². The van der Waals surface area contributed by atoms with Gasteiger partial charge in [-0.1, -0.05) is 41.9 Å². The largest absolute Gasteiger partial charge is 0.491 e. The third kappa shape index (κ3) is 5.86. The van der Waals surface area contributed by atoms with Crippen LogP contribution in [-0.2, 0) is 13.0 Å². The molecule has 2 rings (SSSR count). The molecule has 0 heterocycles. The van der Waals surface area contributed by atoms with E-state index >= 15 is 0 Å². The molecule has 5 heteroatoms. The molecule has 0 saturated heterocycles. The summed E-state index contributed by atoms with van der Waals surface area (Å²) in [5, 5.41) is 19.5. The van der Waals surface area contributed by atoms with Gasteiger partial charge in [-0.05, 0) is 36.4 Å². The summed E-state index contributed by atoms with van der Waals surface area (Å²) in [5.74, 6) is 0.685. The van der Waals surface area contributed by atoms with Crippen LogP contribution in [0.2, 0.25) is 5.02 Å². The zero-order chi connectivity index (χ0) is 17.4. The Bertz CT molecular complexity index is 683. The average Bonchev–Trinajstić information content (AvgIpc) is 2.56. The Kier molecular flexibility index (Phi) is 7.07. The Morgan fingerprint density at radius 2 is 1.92 bits per heavy atom. The SMILES string of the molecule is CN(Cc1ccccc1Cl)C[C@H](O)COc1ccc(CC#N)cc1. The molecule has 0 spiro atoms. The number of nitriles is 1. The smallest absolute Gasteiger partial charge is 0.119 e. The van der Waals surface area contributed by atoms with E-state index in [1.165, 1.54) is 0 Å². The molecule has 2 aromatic carbocycles. The topological polar surface area (TPSA) is 56.5 Å². The van der Waals surface area contributed by atoms with Gasteiger partial charge in [-0.2, -0.15) is 5.26 Å². The molecule has 0 radical (unpaired) electrons. The fourth-order valence-corrected chi connectivity index (χ4v) is 2.58. The van der Waals surface area contributed by atoms with Crippen LogP contribution in [0, 0.1) is 11.3 Å². The van der Waals surface area contributed by atoms with E-state index in [9.17, 15) is 5.11 Å². The maximum atomic E-state index is 10.1. The number of aliphatic hydroxyl groups is 1. The molecule has 0 saturated carbocycles. The molecular weight excluding hydrogens is 324 g/mol. The van der Waals surface area contributed by atoms with Crippen LogP contribution in [0.5, 0.6) is 5.75 Å². The van der Waals surface area contributed by atoms with Crippen LogP contribution >= 0.6 is 11.6 Å². The number of rotatable bonds is 8. The summed E-state index contributed by atoms with van der Waals surface area (Å²) in [5.41, 5.74) is 1.98. The van der Waals surface area contributed by atoms with Gasteiger partial charge in [0.1, 0.15) is 18.5 Å². The summed E-state index contributed by atoms with van der Waals surface area (Å²) in [4.78, 5) is 2.01. The fraction of sp³-hybridized carbons (Fsp3) is 0.316. The van der Waals surface area contributed by atoms with Crippen LogP contribution in [0.1, 0.15) is 11.1 Å². The minimum Gasteiger partial charge on any atom is -0.491 e. The van der Waals surface area contributed by atoms with E-state index < -0.39 is 6.10 Å². The molecule has 2 aromatic rings. The molecule has 0 aliphatic rings. The second-order valence-electron chi connectivity index (χ2n) is 5.73. The number of hydrogen-bond acceptors (Lipinski definition) is 4. The number of likely N-dealkylation sites (N-methyl/N-ethyl adjacent to an activating group) is 1. The number of aliphatic hydroxyl groups excluding tert-OH is 1. The first-order valence-electron chi connectivity index (χ1n) is 7.77. The van der Waals surface area contributed by atoms with Crippen molar-refractivity contribution in [3.05, 3.63) is 64.7 Å². The van der Waals surface area contributed by atoms with Gasteiger partial charge in [0, 0.05) is 18.1 Å². The van der Waals surface area contributed by atoms with Crippen molar-refractivity contribution in [2.75, 3.05) is 20.2 Å². The lowest BCUT2D eigenvalue weighted by Crippen LogP contribution is -2.32. The summed E-state index contributed by atoms with van der Waals surface area (Å²) >= 11 is 6.15. The van der Waals surface area contributed by atoms with Crippen molar-refractivity contribution >= 4 is 11.6 Å². The molecule has 0 aromatic heterocycles. The first-order chi connectivity index (χ1) is 11.6. The van der Waals surface area contributed by atoms with Crippen LogP contribution in [0.4, 0.5) is 0 Å². The third-order valence-corrected chi connectivity index (χ3v) is 3.94. The Hall–Kier alpha value is -2.06. The lowest BCUT2D eigenvalue weighted by molar-refractivity contribution is 0.0744. The molecule has 0 unspecified atom stereocenters. The molecule has 0 aliphatic heterocycles. The lowest BCUT2D eigenvalue weighted by atomic mass is 10.2. The minimum atomic E-state index is -0.601. The van der Waals surface area contributed by atoms with Crippen LogP contribution in [0.25, 0.3) is 0 Å². The first-order valence-corrected chi connectivity index (χ1v) is 8.15. The first kappa shape index (κ1) is 18.3. The van der Waals surface area contributed by atoms with Crippen molar-refractivity contribution in [2.24, 2.45) is 0 Å². The van der Waals surface area contributed by atoms with Gasteiger partial charge in [0.05, 0.1) is 12.5 Å². The third-order valence-electron chi connectivity index (χ3n) is 3.57. The minimum absolute atomic E-state index is 0.213. The highest BCUT2D eigenvalue weighted by molar-refractivity contribution is 6.31. The normalized spacial score (nSPS) is 12.0. The predicted molar refractivity (Wildman–Crippen MR) is 95.0 cm³/mol. The van der Waals surface area contributed by atoms with Crippen molar-refractivity contribution in [1.82, 2.24) is 4.90 Å². The van der Waals surface area contributed by atoms with Crippen LogP contribution < -0.4 is 4.74 Å². The van der Waals surface area contributed by atoms with Crippen molar-refractivity contribution in [3.63, 3.8) is 0 Å². The maximum absolute atomic E-state index is 10.1. The Morgan fingerprint density at radius 1 is 1.21 bits per heavy atom. The standard InChI is InChI=1S/C19H21ClN2O2/c1-22(12-16-4-2-3-5-19(16)20)13-17(23)14-24-18-8-6-15(7-9-18)10-11-21/h2-9,17,23H,10,12-14H2,1H3/t17-/m0/s1. The van der Waals surface area contributed by atoms with Gasteiger partial charge < -0.3 is 9.84 Å². The highest BCUT2D eigenvalue weighted by atomic mass is 35.5. The fourth-order valence-electron chi connectivity index (χ4n) is 2.38. The van der Waals surface area contributed by atoms with Gasteiger partial charge >= 0.3 is 0 Å². The van der Waals surface area contributed by atoms with Crippen molar-refractivity contribution in [3.8, 4) is 11.8 Å². The summed E-state index contributed by atoms with van der Waals surface area (Å²) in [6, 6.07) is 17.1. The van der Waals surface area contributed by atoms with E-state index in [0.29, 0.717) is 25.3 Å². The van der Waals surface area contributed by atoms with Gasteiger partial charge in [-0.25, -0.2) is 0 Å². The Balaban J connectivity index is 1.77. The average molecular weight is 345 g/mol. The van der Waals surface area contributed by atoms with E-state index in [1.807, 2.05) is 60.5 Å². The van der Waals surface area contributed by atoms with E-state index in [-0.39, 0.29) is 6.61 Å². The number of hydrogen-bond donors (Lipinski definition) is 1. The second-order valence-corrected chi connectivity index (χ2v) is 6.14. The molecule has 0 fully saturated rings. The van der Waals surface area contributed by atoms with E-state index in [2.05, 4.69) is 6.07 Å². The molecule has 126 valence electrons. The highest BCUT2D eigenvalue weighted by Gasteiger charge is 2.11. The quantitative estimate of drug-likeness (QED) is 0.798. The number of benzene rings is 2. The number of nitrogens with zero attached hydrogens (tertiary/aromatic N) is 2. The highest BCUT2D eigenvalue weighted by Crippen LogP contribution is 2.17. The van der Waals surface area contributed by atoms with E-state index in [1.54, 1.807) is 0 Å². The number of ether oxygens (including phenoxy) is 1. The van der Waals surface area contributed by atoms with Gasteiger partial charge in [0.25, 0.3) is 0 Å². The molecule has 1 N–H and O–H groups in total.